The van der Waals surface area contributed by atoms with Crippen LogP contribution in [0.4, 0.5) is 16.2 Å². The molecular formula is C19H25N5O3. The van der Waals surface area contributed by atoms with E-state index in [0.717, 1.165) is 12.2 Å². The van der Waals surface area contributed by atoms with Gasteiger partial charge in [0.2, 0.25) is 0 Å². The first-order valence-corrected chi connectivity index (χ1v) is 9.01. The van der Waals surface area contributed by atoms with E-state index in [0.29, 0.717) is 30.2 Å². The first kappa shape index (κ1) is 18.8. The molecule has 0 fully saturated rings. The lowest BCUT2D eigenvalue weighted by Gasteiger charge is -2.30. The van der Waals surface area contributed by atoms with Crippen molar-refractivity contribution in [1.82, 2.24) is 14.5 Å². The number of fused-ring (bicyclic) bond motifs is 1. The van der Waals surface area contributed by atoms with Crippen molar-refractivity contribution in [3.05, 3.63) is 36.4 Å². The number of urea groups is 1. The Kier molecular flexibility index (Phi) is 5.34. The van der Waals surface area contributed by atoms with Crippen molar-refractivity contribution in [2.45, 2.75) is 32.9 Å². The van der Waals surface area contributed by atoms with Crippen LogP contribution >= 0.6 is 0 Å². The fourth-order valence-corrected chi connectivity index (χ4v) is 3.04. The number of carbonyl (C=O) groups excluding carboxylic acids is 2. The predicted molar refractivity (Wildman–Crippen MR) is 103 cm³/mol. The molecule has 0 spiro atoms. The molecule has 0 aliphatic carbocycles. The third kappa shape index (κ3) is 3.89. The summed E-state index contributed by atoms with van der Waals surface area (Å²) in [7, 11) is 3.62. The molecule has 1 atom stereocenters. The second-order valence-corrected chi connectivity index (χ2v) is 6.65. The Morgan fingerprint density at radius 1 is 1.37 bits per heavy atom. The van der Waals surface area contributed by atoms with Crippen molar-refractivity contribution >= 4 is 23.3 Å². The topological polar surface area (TPSA) is 79.7 Å². The first-order valence-electron chi connectivity index (χ1n) is 9.01. The Labute approximate surface area is 158 Å². The molecule has 1 aliphatic rings. The normalized spacial score (nSPS) is 15.9. The second kappa shape index (κ2) is 7.69. The van der Waals surface area contributed by atoms with Crippen molar-refractivity contribution in [3.8, 4) is 5.75 Å². The SMILES string of the molecule is CCCN(Cc1nccn1C)C(=O)Nc1ccc2c(c1)O[C@@H](C)C(=O)N2C. The van der Waals surface area contributed by atoms with Crippen LogP contribution in [0, 0.1) is 0 Å². The van der Waals surface area contributed by atoms with Crippen LogP contribution in [0.5, 0.6) is 5.75 Å². The van der Waals surface area contributed by atoms with Gasteiger partial charge in [-0.15, -0.1) is 0 Å². The molecule has 1 aromatic heterocycles. The van der Waals surface area contributed by atoms with Gasteiger partial charge in [0.1, 0.15) is 11.6 Å². The van der Waals surface area contributed by atoms with Crippen molar-refractivity contribution < 1.29 is 14.3 Å². The summed E-state index contributed by atoms with van der Waals surface area (Å²) in [5.74, 6) is 1.30. The number of nitrogens with zero attached hydrogens (tertiary/aromatic N) is 4. The number of aryl methyl sites for hydroxylation is 1. The zero-order valence-electron chi connectivity index (χ0n) is 16.1. The molecule has 3 rings (SSSR count). The molecule has 27 heavy (non-hydrogen) atoms. The van der Waals surface area contributed by atoms with Crippen LogP contribution in [0.15, 0.2) is 30.6 Å². The zero-order chi connectivity index (χ0) is 19.6. The summed E-state index contributed by atoms with van der Waals surface area (Å²) in [6.45, 7) is 4.79. The number of likely N-dealkylation sites (N-methyl/N-ethyl adjacent to an activating group) is 1. The molecule has 144 valence electrons. The van der Waals surface area contributed by atoms with Crippen LogP contribution in [0.2, 0.25) is 0 Å². The van der Waals surface area contributed by atoms with Gasteiger partial charge < -0.3 is 24.4 Å². The lowest BCUT2D eigenvalue weighted by molar-refractivity contribution is -0.125. The molecule has 1 N–H and O–H groups in total. The summed E-state index contributed by atoms with van der Waals surface area (Å²) >= 11 is 0. The van der Waals surface area contributed by atoms with E-state index in [-0.39, 0.29) is 11.9 Å². The maximum Gasteiger partial charge on any atom is 0.322 e. The Hall–Kier alpha value is -3.03. The highest BCUT2D eigenvalue weighted by Crippen LogP contribution is 2.35. The molecule has 3 amide bonds. The first-order chi connectivity index (χ1) is 12.9. The molecule has 1 aliphatic heterocycles. The quantitative estimate of drug-likeness (QED) is 0.876. The van der Waals surface area contributed by atoms with E-state index in [9.17, 15) is 9.59 Å². The van der Waals surface area contributed by atoms with E-state index in [4.69, 9.17) is 4.74 Å². The molecule has 8 nitrogen and oxygen atoms in total. The van der Waals surface area contributed by atoms with Gasteiger partial charge in [-0.05, 0) is 25.5 Å². The minimum absolute atomic E-state index is 0.0940. The Morgan fingerprint density at radius 2 is 2.15 bits per heavy atom. The van der Waals surface area contributed by atoms with E-state index >= 15 is 0 Å². The summed E-state index contributed by atoms with van der Waals surface area (Å²) in [6, 6.07) is 5.09. The summed E-state index contributed by atoms with van der Waals surface area (Å²) in [5.41, 5.74) is 1.31. The molecule has 8 heteroatoms. The predicted octanol–water partition coefficient (Wildman–Crippen LogP) is 2.61. The largest absolute Gasteiger partial charge is 0.479 e. The molecule has 0 unspecified atom stereocenters. The van der Waals surface area contributed by atoms with Gasteiger partial charge in [-0.2, -0.15) is 0 Å². The Balaban J connectivity index is 1.75. The molecular weight excluding hydrogens is 346 g/mol. The monoisotopic (exact) mass is 371 g/mol. The fourth-order valence-electron chi connectivity index (χ4n) is 3.04. The van der Waals surface area contributed by atoms with Crippen LogP contribution in [0.3, 0.4) is 0 Å². The number of amides is 3. The molecule has 2 heterocycles. The van der Waals surface area contributed by atoms with Gasteiger partial charge in [0.15, 0.2) is 6.10 Å². The number of carbonyl (C=O) groups is 2. The van der Waals surface area contributed by atoms with Gasteiger partial charge in [-0.3, -0.25) is 4.79 Å². The second-order valence-electron chi connectivity index (χ2n) is 6.65. The van der Waals surface area contributed by atoms with Gasteiger partial charge in [0, 0.05) is 44.8 Å². The summed E-state index contributed by atoms with van der Waals surface area (Å²) < 4.78 is 7.58. The van der Waals surface area contributed by atoms with E-state index in [2.05, 4.69) is 10.3 Å². The number of hydrogen-bond acceptors (Lipinski definition) is 4. The highest BCUT2D eigenvalue weighted by atomic mass is 16.5. The Morgan fingerprint density at radius 3 is 2.81 bits per heavy atom. The summed E-state index contributed by atoms with van der Waals surface area (Å²) in [6.07, 6.45) is 3.87. The lowest BCUT2D eigenvalue weighted by atomic mass is 10.2. The average molecular weight is 371 g/mol. The molecule has 0 saturated heterocycles. The van der Waals surface area contributed by atoms with Crippen LogP contribution in [-0.2, 0) is 18.4 Å². The number of rotatable bonds is 5. The van der Waals surface area contributed by atoms with Crippen LogP contribution in [0.25, 0.3) is 0 Å². The number of nitrogens with one attached hydrogen (secondary N) is 1. The van der Waals surface area contributed by atoms with Gasteiger partial charge >= 0.3 is 6.03 Å². The number of anilines is 2. The Bertz CT molecular complexity index is 848. The average Bonchev–Trinajstić information content (AvgIpc) is 3.04. The molecule has 0 saturated carbocycles. The third-order valence-electron chi connectivity index (χ3n) is 4.59. The molecule has 1 aromatic carbocycles. The smallest absolute Gasteiger partial charge is 0.322 e. The number of benzene rings is 1. The highest BCUT2D eigenvalue weighted by Gasteiger charge is 2.29. The lowest BCUT2D eigenvalue weighted by Crippen LogP contribution is -2.42. The molecule has 0 radical (unpaired) electrons. The highest BCUT2D eigenvalue weighted by molar-refractivity contribution is 6.00. The van der Waals surface area contributed by atoms with Crippen molar-refractivity contribution in [1.29, 1.82) is 0 Å². The standard InChI is InChI=1S/C19H25N5O3/c1-5-9-24(12-17-20-8-10-22(17)3)19(26)21-14-6-7-15-16(11-14)27-13(2)18(25)23(15)4/h6-8,10-11,13H,5,9,12H2,1-4H3,(H,21,26)/t13-/m0/s1. The van der Waals surface area contributed by atoms with E-state index < -0.39 is 6.10 Å². The van der Waals surface area contributed by atoms with Gasteiger partial charge in [-0.1, -0.05) is 6.92 Å². The minimum Gasteiger partial charge on any atom is -0.479 e. The number of imidazole rings is 1. The summed E-state index contributed by atoms with van der Waals surface area (Å²) in [5, 5.41) is 2.92. The van der Waals surface area contributed by atoms with Gasteiger partial charge in [-0.25, -0.2) is 9.78 Å². The maximum absolute atomic E-state index is 12.8. The van der Waals surface area contributed by atoms with E-state index in [1.807, 2.05) is 24.7 Å². The molecule has 0 bridgehead atoms. The van der Waals surface area contributed by atoms with E-state index in [1.165, 1.54) is 0 Å². The minimum atomic E-state index is -0.548. The fraction of sp³-hybridized carbons (Fsp3) is 0.421. The van der Waals surface area contributed by atoms with Crippen LogP contribution in [0.1, 0.15) is 26.1 Å². The third-order valence-corrected chi connectivity index (χ3v) is 4.59. The molecule has 2 aromatic rings. The van der Waals surface area contributed by atoms with Crippen molar-refractivity contribution in [3.63, 3.8) is 0 Å². The summed E-state index contributed by atoms with van der Waals surface area (Å²) in [4.78, 5) is 32.4. The number of ether oxygens (including phenoxy) is 1. The number of hydrogen-bond donors (Lipinski definition) is 1. The van der Waals surface area contributed by atoms with Crippen LogP contribution in [-0.4, -0.2) is 46.1 Å². The van der Waals surface area contributed by atoms with Gasteiger partial charge in [0.05, 0.1) is 12.2 Å². The van der Waals surface area contributed by atoms with Crippen LogP contribution < -0.4 is 15.0 Å². The number of aromatic nitrogens is 2. The van der Waals surface area contributed by atoms with Crippen molar-refractivity contribution in [2.75, 3.05) is 23.8 Å². The van der Waals surface area contributed by atoms with Crippen molar-refractivity contribution in [2.24, 2.45) is 7.05 Å². The zero-order valence-corrected chi connectivity index (χ0v) is 16.1. The van der Waals surface area contributed by atoms with Gasteiger partial charge in [0.25, 0.3) is 5.91 Å². The maximum atomic E-state index is 12.8. The van der Waals surface area contributed by atoms with E-state index in [1.54, 1.807) is 48.2 Å².